The zero-order valence-electron chi connectivity index (χ0n) is 11.6. The van der Waals surface area contributed by atoms with E-state index in [1.54, 1.807) is 12.0 Å². The van der Waals surface area contributed by atoms with Crippen LogP contribution in [0.4, 0.5) is 0 Å². The molecule has 0 aromatic heterocycles. The van der Waals surface area contributed by atoms with Crippen LogP contribution in [0, 0.1) is 5.92 Å². The molecule has 0 radical (unpaired) electrons. The normalized spacial score (nSPS) is 25.8. The van der Waals surface area contributed by atoms with Gasteiger partial charge in [0.05, 0.1) is 31.8 Å². The highest BCUT2D eigenvalue weighted by atomic mass is 16.5. The van der Waals surface area contributed by atoms with Gasteiger partial charge in [0.15, 0.2) is 0 Å². The number of carbonyl (C=O) groups is 2. The lowest BCUT2D eigenvalue weighted by Crippen LogP contribution is -2.45. The Morgan fingerprint density at radius 1 is 1.47 bits per heavy atom. The Kier molecular flexibility index (Phi) is 4.76. The molecule has 2 aliphatic heterocycles. The highest BCUT2D eigenvalue weighted by Gasteiger charge is 2.38. The Morgan fingerprint density at radius 3 is 2.79 bits per heavy atom. The SMILES string of the molecule is COC[C@@H](C)N1C[C@@H](C(=O)N2CCOCC2)CC1=O. The van der Waals surface area contributed by atoms with Gasteiger partial charge in [-0.05, 0) is 6.92 Å². The van der Waals surface area contributed by atoms with Crippen molar-refractivity contribution in [3.8, 4) is 0 Å². The van der Waals surface area contributed by atoms with Crippen LogP contribution in [0.25, 0.3) is 0 Å². The number of likely N-dealkylation sites (tertiary alicyclic amines) is 1. The van der Waals surface area contributed by atoms with Crippen LogP contribution >= 0.6 is 0 Å². The second kappa shape index (κ2) is 6.34. The van der Waals surface area contributed by atoms with Gasteiger partial charge in [-0.1, -0.05) is 0 Å². The van der Waals surface area contributed by atoms with Crippen molar-refractivity contribution in [1.29, 1.82) is 0 Å². The molecule has 0 bridgehead atoms. The summed E-state index contributed by atoms with van der Waals surface area (Å²) in [5.41, 5.74) is 0. The third-order valence-corrected chi connectivity index (χ3v) is 3.77. The topological polar surface area (TPSA) is 59.1 Å². The maximum absolute atomic E-state index is 12.3. The minimum absolute atomic E-state index is 0.0278. The molecule has 2 aliphatic rings. The van der Waals surface area contributed by atoms with Crippen molar-refractivity contribution in [2.24, 2.45) is 5.92 Å². The van der Waals surface area contributed by atoms with E-state index in [2.05, 4.69) is 0 Å². The molecule has 0 aromatic carbocycles. The van der Waals surface area contributed by atoms with Crippen LogP contribution in [0.2, 0.25) is 0 Å². The third-order valence-electron chi connectivity index (χ3n) is 3.77. The maximum Gasteiger partial charge on any atom is 0.228 e. The van der Waals surface area contributed by atoms with Crippen molar-refractivity contribution in [3.63, 3.8) is 0 Å². The fourth-order valence-electron chi connectivity index (χ4n) is 2.70. The number of hydrogen-bond donors (Lipinski definition) is 0. The van der Waals surface area contributed by atoms with E-state index in [0.717, 1.165) is 0 Å². The van der Waals surface area contributed by atoms with Gasteiger partial charge >= 0.3 is 0 Å². The largest absolute Gasteiger partial charge is 0.383 e. The van der Waals surface area contributed by atoms with Crippen molar-refractivity contribution in [1.82, 2.24) is 9.80 Å². The monoisotopic (exact) mass is 270 g/mol. The Morgan fingerprint density at radius 2 is 2.16 bits per heavy atom. The molecule has 6 nitrogen and oxygen atoms in total. The molecule has 2 atom stereocenters. The van der Waals surface area contributed by atoms with Crippen LogP contribution in [0.5, 0.6) is 0 Å². The molecule has 0 saturated carbocycles. The summed E-state index contributed by atoms with van der Waals surface area (Å²) in [6.45, 7) is 5.42. The number of rotatable bonds is 4. The second-order valence-electron chi connectivity index (χ2n) is 5.19. The van der Waals surface area contributed by atoms with E-state index >= 15 is 0 Å². The molecule has 2 saturated heterocycles. The molecule has 0 aromatic rings. The van der Waals surface area contributed by atoms with Gasteiger partial charge in [0.25, 0.3) is 0 Å². The number of hydrogen-bond acceptors (Lipinski definition) is 4. The van der Waals surface area contributed by atoms with Crippen LogP contribution in [0.15, 0.2) is 0 Å². The first-order chi connectivity index (χ1) is 9.13. The van der Waals surface area contributed by atoms with E-state index in [0.29, 0.717) is 45.9 Å². The molecule has 6 heteroatoms. The first kappa shape index (κ1) is 14.3. The van der Waals surface area contributed by atoms with E-state index in [1.807, 2.05) is 11.8 Å². The van der Waals surface area contributed by atoms with Crippen LogP contribution in [-0.2, 0) is 19.1 Å². The van der Waals surface area contributed by atoms with Gasteiger partial charge in [-0.2, -0.15) is 0 Å². The zero-order chi connectivity index (χ0) is 13.8. The Hall–Kier alpha value is -1.14. The quantitative estimate of drug-likeness (QED) is 0.705. The summed E-state index contributed by atoms with van der Waals surface area (Å²) in [6, 6.07) is 0.0278. The lowest BCUT2D eigenvalue weighted by molar-refractivity contribution is -0.139. The molecule has 108 valence electrons. The standard InChI is InChI=1S/C13H22N2O4/c1-10(9-18-2)15-8-11(7-12(15)16)13(17)14-3-5-19-6-4-14/h10-11H,3-9H2,1-2H3/t10-,11+/m1/s1. The van der Waals surface area contributed by atoms with E-state index in [9.17, 15) is 9.59 Å². The smallest absolute Gasteiger partial charge is 0.228 e. The summed E-state index contributed by atoms with van der Waals surface area (Å²) in [5, 5.41) is 0. The van der Waals surface area contributed by atoms with Gasteiger partial charge in [-0.15, -0.1) is 0 Å². The van der Waals surface area contributed by atoms with Crippen molar-refractivity contribution in [2.75, 3.05) is 46.6 Å². The molecular formula is C13H22N2O4. The molecule has 2 heterocycles. The minimum atomic E-state index is -0.204. The molecule has 2 fully saturated rings. The Bertz CT molecular complexity index is 342. The van der Waals surface area contributed by atoms with Gasteiger partial charge in [-0.25, -0.2) is 0 Å². The van der Waals surface area contributed by atoms with Gasteiger partial charge in [-0.3, -0.25) is 9.59 Å². The van der Waals surface area contributed by atoms with E-state index in [1.165, 1.54) is 0 Å². The number of methoxy groups -OCH3 is 1. The molecule has 2 rings (SSSR count). The summed E-state index contributed by atoms with van der Waals surface area (Å²) in [5.74, 6) is -0.0650. The summed E-state index contributed by atoms with van der Waals surface area (Å²) < 4.78 is 10.3. The number of carbonyl (C=O) groups excluding carboxylic acids is 2. The maximum atomic E-state index is 12.3. The summed E-state index contributed by atoms with van der Waals surface area (Å²) in [4.78, 5) is 27.9. The number of morpholine rings is 1. The van der Waals surface area contributed by atoms with Gasteiger partial charge in [0.1, 0.15) is 0 Å². The van der Waals surface area contributed by atoms with Crippen molar-refractivity contribution < 1.29 is 19.1 Å². The van der Waals surface area contributed by atoms with Crippen LogP contribution in [0.1, 0.15) is 13.3 Å². The number of nitrogens with zero attached hydrogens (tertiary/aromatic N) is 2. The number of ether oxygens (including phenoxy) is 2. The molecule has 0 spiro atoms. The lowest BCUT2D eigenvalue weighted by Gasteiger charge is -2.29. The first-order valence-electron chi connectivity index (χ1n) is 6.78. The summed E-state index contributed by atoms with van der Waals surface area (Å²) >= 11 is 0. The van der Waals surface area contributed by atoms with Crippen LogP contribution in [-0.4, -0.2) is 74.2 Å². The van der Waals surface area contributed by atoms with Crippen molar-refractivity contribution >= 4 is 11.8 Å². The fraction of sp³-hybridized carbons (Fsp3) is 0.846. The van der Waals surface area contributed by atoms with E-state index < -0.39 is 0 Å². The van der Waals surface area contributed by atoms with Crippen molar-refractivity contribution in [2.45, 2.75) is 19.4 Å². The predicted octanol–water partition coefficient (Wildman–Crippen LogP) is -0.271. The average molecular weight is 270 g/mol. The van der Waals surface area contributed by atoms with E-state index in [4.69, 9.17) is 9.47 Å². The fourth-order valence-corrected chi connectivity index (χ4v) is 2.70. The van der Waals surface area contributed by atoms with Crippen molar-refractivity contribution in [3.05, 3.63) is 0 Å². The highest BCUT2D eigenvalue weighted by Crippen LogP contribution is 2.22. The Balaban J connectivity index is 1.92. The van der Waals surface area contributed by atoms with E-state index in [-0.39, 0.29) is 23.8 Å². The molecule has 2 amide bonds. The van der Waals surface area contributed by atoms with Crippen LogP contribution in [0.3, 0.4) is 0 Å². The summed E-state index contributed by atoms with van der Waals surface area (Å²) in [6.07, 6.45) is 0.324. The molecule has 19 heavy (non-hydrogen) atoms. The molecule has 0 unspecified atom stereocenters. The zero-order valence-corrected chi connectivity index (χ0v) is 11.6. The van der Waals surface area contributed by atoms with Gasteiger partial charge < -0.3 is 19.3 Å². The molecular weight excluding hydrogens is 248 g/mol. The minimum Gasteiger partial charge on any atom is -0.383 e. The lowest BCUT2D eigenvalue weighted by atomic mass is 10.1. The number of amides is 2. The van der Waals surface area contributed by atoms with Gasteiger partial charge in [0.2, 0.25) is 11.8 Å². The molecule has 0 N–H and O–H groups in total. The average Bonchev–Trinajstić information content (AvgIpc) is 2.81. The predicted molar refractivity (Wildman–Crippen MR) is 68.6 cm³/mol. The van der Waals surface area contributed by atoms with Crippen LogP contribution < -0.4 is 0 Å². The second-order valence-corrected chi connectivity index (χ2v) is 5.19. The van der Waals surface area contributed by atoms with Gasteiger partial charge in [0, 0.05) is 33.2 Å². The highest BCUT2D eigenvalue weighted by molar-refractivity contribution is 5.89. The summed E-state index contributed by atoms with van der Waals surface area (Å²) in [7, 11) is 1.62. The third kappa shape index (κ3) is 3.25. The Labute approximate surface area is 113 Å². The first-order valence-corrected chi connectivity index (χ1v) is 6.78. The molecule has 0 aliphatic carbocycles.